The van der Waals surface area contributed by atoms with Crippen LogP contribution in [0.15, 0.2) is 30.5 Å². The Morgan fingerprint density at radius 3 is 1.65 bits per heavy atom. The van der Waals surface area contributed by atoms with Crippen molar-refractivity contribution in [3.63, 3.8) is 0 Å². The molecule has 91 valence electrons. The molecule has 0 saturated carbocycles. The summed E-state index contributed by atoms with van der Waals surface area (Å²) in [7, 11) is 0. The zero-order valence-electron chi connectivity index (χ0n) is 9.56. The van der Waals surface area contributed by atoms with Crippen LogP contribution in [-0.2, 0) is 5.11 Å². The molecule has 5 heteroatoms. The highest BCUT2D eigenvalue weighted by atomic mass is 16.4. The molecule has 0 amide bonds. The van der Waals surface area contributed by atoms with Gasteiger partial charge in [0.25, 0.3) is 0 Å². The number of allylic oxidation sites excluding steroid dienone is 1. The Kier molecular flexibility index (Phi) is 5.46. The van der Waals surface area contributed by atoms with Crippen molar-refractivity contribution in [3.05, 3.63) is 47.2 Å². The molecule has 0 saturated heterocycles. The average Bonchev–Trinajstić information content (AvgIpc) is 2.15. The summed E-state index contributed by atoms with van der Waals surface area (Å²) >= 11 is 0. The van der Waals surface area contributed by atoms with Crippen LogP contribution in [0.2, 0.25) is 0 Å². The molecule has 1 rings (SSSR count). The minimum absolute atomic E-state index is 0.0277. The lowest BCUT2D eigenvalue weighted by molar-refractivity contribution is 0.0696. The van der Waals surface area contributed by atoms with E-state index in [1.54, 1.807) is 0 Å². The van der Waals surface area contributed by atoms with Crippen LogP contribution in [0.3, 0.4) is 0 Å². The van der Waals surface area contributed by atoms with Crippen molar-refractivity contribution in [2.24, 2.45) is 0 Å². The fourth-order valence-electron chi connectivity index (χ4n) is 1.10. The van der Waals surface area contributed by atoms with E-state index in [4.69, 9.17) is 10.2 Å². The maximum atomic E-state index is 10.6. The zero-order chi connectivity index (χ0) is 13.6. The number of benzene rings is 1. The molecular weight excluding hydrogens is 224 g/mol. The minimum Gasteiger partial charge on any atom is -0.478 e. The molecule has 5 nitrogen and oxygen atoms in total. The van der Waals surface area contributed by atoms with E-state index in [0.717, 1.165) is 0 Å². The van der Waals surface area contributed by atoms with E-state index in [1.165, 1.54) is 32.0 Å². The molecule has 0 aliphatic heterocycles. The fourth-order valence-corrected chi connectivity index (χ4v) is 1.10. The number of hydrogen-bond acceptors (Lipinski definition) is 2. The van der Waals surface area contributed by atoms with Crippen LogP contribution in [0.4, 0.5) is 0 Å². The Labute approximate surface area is 98.6 Å². The van der Waals surface area contributed by atoms with Crippen molar-refractivity contribution in [3.8, 4) is 0 Å². The second-order valence-electron chi connectivity index (χ2n) is 3.29. The monoisotopic (exact) mass is 237 g/mol. The van der Waals surface area contributed by atoms with Crippen molar-refractivity contribution in [2.75, 3.05) is 0 Å². The van der Waals surface area contributed by atoms with Crippen LogP contribution in [0.25, 0.3) is 0 Å². The van der Waals surface area contributed by atoms with E-state index in [9.17, 15) is 14.7 Å². The Balaban J connectivity index is 0.000000557. The first kappa shape index (κ1) is 14.7. The number of carboxylic acids is 2. The van der Waals surface area contributed by atoms with Crippen LogP contribution < -0.4 is 0 Å². The topological polar surface area (TPSA) is 94.5 Å². The standard InChI is InChI=1S/C9H8O4.C3H5O/c1-5-6(8(10)11)3-2-4-7(5)9(12)13;1-3(2)4/h2-4H,1H3,(H,10,11)(H,12,13);1H2,2H3. The summed E-state index contributed by atoms with van der Waals surface area (Å²) in [5.41, 5.74) is 0.335. The third-order valence-corrected chi connectivity index (χ3v) is 1.79. The van der Waals surface area contributed by atoms with E-state index in [-0.39, 0.29) is 22.4 Å². The smallest absolute Gasteiger partial charge is 0.335 e. The molecule has 0 aliphatic carbocycles. The SMILES string of the molecule is C=C(C)[O].Cc1c(C(=O)O)cccc1C(=O)O. The van der Waals surface area contributed by atoms with Gasteiger partial charge in [-0.1, -0.05) is 12.6 Å². The lowest BCUT2D eigenvalue weighted by Gasteiger charge is -2.03. The van der Waals surface area contributed by atoms with Gasteiger partial charge in [-0.25, -0.2) is 9.59 Å². The molecule has 0 bridgehead atoms. The van der Waals surface area contributed by atoms with Crippen LogP contribution in [0.5, 0.6) is 0 Å². The number of carboxylic acid groups (broad SMARTS) is 2. The maximum Gasteiger partial charge on any atom is 0.335 e. The molecule has 1 radical (unpaired) electrons. The van der Waals surface area contributed by atoms with Gasteiger partial charge >= 0.3 is 11.9 Å². The predicted molar refractivity (Wildman–Crippen MR) is 60.6 cm³/mol. The molecule has 0 atom stereocenters. The van der Waals surface area contributed by atoms with Gasteiger partial charge in [-0.2, -0.15) is 0 Å². The van der Waals surface area contributed by atoms with Crippen LogP contribution in [0, 0.1) is 6.92 Å². The van der Waals surface area contributed by atoms with Gasteiger partial charge in [0.1, 0.15) is 5.76 Å². The summed E-state index contributed by atoms with van der Waals surface area (Å²) < 4.78 is 0. The molecule has 0 aromatic heterocycles. The Morgan fingerprint density at radius 1 is 1.12 bits per heavy atom. The summed E-state index contributed by atoms with van der Waals surface area (Å²) in [5, 5.41) is 26.7. The Bertz CT molecular complexity index is 412. The first-order valence-electron chi connectivity index (χ1n) is 4.66. The number of hydrogen-bond donors (Lipinski definition) is 2. The van der Waals surface area contributed by atoms with E-state index >= 15 is 0 Å². The second-order valence-corrected chi connectivity index (χ2v) is 3.29. The quantitative estimate of drug-likeness (QED) is 0.772. The highest BCUT2D eigenvalue weighted by molar-refractivity contribution is 5.96. The molecule has 0 spiro atoms. The van der Waals surface area contributed by atoms with Crippen molar-refractivity contribution < 1.29 is 24.9 Å². The molecule has 0 heterocycles. The van der Waals surface area contributed by atoms with Gasteiger partial charge in [0, 0.05) is 0 Å². The fraction of sp³-hybridized carbons (Fsp3) is 0.167. The Morgan fingerprint density at radius 2 is 1.41 bits per heavy atom. The lowest BCUT2D eigenvalue weighted by atomic mass is 10.0. The summed E-state index contributed by atoms with van der Waals surface area (Å²) in [6.07, 6.45) is 0. The maximum absolute atomic E-state index is 10.6. The minimum atomic E-state index is -1.11. The first-order chi connectivity index (χ1) is 7.77. The molecular formula is C12H13O5. The van der Waals surface area contributed by atoms with Crippen molar-refractivity contribution in [2.45, 2.75) is 13.8 Å². The van der Waals surface area contributed by atoms with Crippen molar-refractivity contribution in [1.82, 2.24) is 0 Å². The zero-order valence-corrected chi connectivity index (χ0v) is 9.56. The average molecular weight is 237 g/mol. The summed E-state index contributed by atoms with van der Waals surface area (Å²) in [6.45, 7) is 5.90. The van der Waals surface area contributed by atoms with Gasteiger partial charge in [-0.3, -0.25) is 5.11 Å². The Hall–Kier alpha value is -2.30. The first-order valence-corrected chi connectivity index (χ1v) is 4.66. The normalized spacial score (nSPS) is 8.82. The van der Waals surface area contributed by atoms with Gasteiger partial charge < -0.3 is 10.2 Å². The molecule has 1 aromatic rings. The predicted octanol–water partition coefficient (Wildman–Crippen LogP) is 2.34. The third kappa shape index (κ3) is 4.83. The summed E-state index contributed by atoms with van der Waals surface area (Å²) in [6, 6.07) is 4.17. The van der Waals surface area contributed by atoms with E-state index in [0.29, 0.717) is 0 Å². The molecule has 0 fully saturated rings. The molecule has 1 aromatic carbocycles. The largest absolute Gasteiger partial charge is 0.478 e. The summed E-state index contributed by atoms with van der Waals surface area (Å²) in [5.74, 6) is -2.30. The molecule has 17 heavy (non-hydrogen) atoms. The number of aromatic carboxylic acids is 2. The van der Waals surface area contributed by atoms with Crippen molar-refractivity contribution >= 4 is 11.9 Å². The van der Waals surface area contributed by atoms with Gasteiger partial charge in [0.05, 0.1) is 11.1 Å². The molecule has 0 aliphatic rings. The van der Waals surface area contributed by atoms with E-state index in [2.05, 4.69) is 6.58 Å². The highest BCUT2D eigenvalue weighted by Gasteiger charge is 2.13. The number of carbonyl (C=O) groups is 2. The van der Waals surface area contributed by atoms with Crippen LogP contribution >= 0.6 is 0 Å². The van der Waals surface area contributed by atoms with E-state index < -0.39 is 11.9 Å². The van der Waals surface area contributed by atoms with Crippen LogP contribution in [-0.4, -0.2) is 22.2 Å². The van der Waals surface area contributed by atoms with Crippen molar-refractivity contribution in [1.29, 1.82) is 0 Å². The molecule has 0 unspecified atom stereocenters. The van der Waals surface area contributed by atoms with Gasteiger partial charge in [0.15, 0.2) is 0 Å². The third-order valence-electron chi connectivity index (χ3n) is 1.79. The number of rotatable bonds is 2. The highest BCUT2D eigenvalue weighted by Crippen LogP contribution is 2.13. The lowest BCUT2D eigenvalue weighted by Crippen LogP contribution is -2.06. The van der Waals surface area contributed by atoms with Gasteiger partial charge in [0.2, 0.25) is 0 Å². The summed E-state index contributed by atoms with van der Waals surface area (Å²) in [4.78, 5) is 21.2. The van der Waals surface area contributed by atoms with E-state index in [1.807, 2.05) is 0 Å². The molecule has 2 N–H and O–H groups in total. The van der Waals surface area contributed by atoms with Gasteiger partial charge in [-0.15, -0.1) is 0 Å². The van der Waals surface area contributed by atoms with Gasteiger partial charge in [-0.05, 0) is 31.5 Å². The van der Waals surface area contributed by atoms with Crippen LogP contribution in [0.1, 0.15) is 33.2 Å². The second kappa shape index (κ2) is 6.32.